The molecule has 0 saturated carbocycles. The fourth-order valence-corrected chi connectivity index (χ4v) is 3.75. The van der Waals surface area contributed by atoms with Crippen LogP contribution in [-0.2, 0) is 11.8 Å². The topological polar surface area (TPSA) is 91.4 Å². The van der Waals surface area contributed by atoms with Crippen LogP contribution in [-0.4, -0.2) is 40.5 Å². The van der Waals surface area contributed by atoms with Crippen LogP contribution in [0.1, 0.15) is 25.5 Å². The van der Waals surface area contributed by atoms with Crippen molar-refractivity contribution >= 4 is 28.3 Å². The van der Waals surface area contributed by atoms with Crippen molar-refractivity contribution in [2.24, 2.45) is 7.05 Å². The van der Waals surface area contributed by atoms with Crippen molar-refractivity contribution in [3.05, 3.63) is 63.3 Å². The van der Waals surface area contributed by atoms with Gasteiger partial charge in [0.25, 0.3) is 5.56 Å². The molecule has 3 aromatic rings. The highest BCUT2D eigenvalue weighted by atomic mass is 35.5. The lowest BCUT2D eigenvalue weighted by Gasteiger charge is -2.34. The lowest BCUT2D eigenvalue weighted by Crippen LogP contribution is -2.40. The Morgan fingerprint density at radius 3 is 2.78 bits per heavy atom. The number of hydrogen-bond acceptors (Lipinski definition) is 6. The number of fused-ring (bicyclic) bond motifs is 1. The Hall–Kier alpha value is -3.15. The highest BCUT2D eigenvalue weighted by Crippen LogP contribution is 2.27. The average molecular weight is 459 g/mol. The third-order valence-corrected chi connectivity index (χ3v) is 5.51. The lowest BCUT2D eigenvalue weighted by molar-refractivity contribution is 0.0527. The first-order valence-electron chi connectivity index (χ1n) is 10.3. The van der Waals surface area contributed by atoms with Crippen molar-refractivity contribution in [1.82, 2.24) is 9.55 Å². The number of phenols is 1. The van der Waals surface area contributed by atoms with Crippen LogP contribution >= 0.6 is 11.6 Å². The standard InChI is InChI=1S/C17H20N4O2.C6H4ClFO/c1-3-23-13-5-4-8-21(11-13)15-9-16(22)20(2)14-7-6-12(10-18)19-17(14)15;7-5-2-1-4(9)3-6(5)8/h6-7,9,13H,3-5,8,11H2,1-2H3;1-3,9H. The smallest absolute Gasteiger partial charge is 0.252 e. The molecule has 1 saturated heterocycles. The van der Waals surface area contributed by atoms with Gasteiger partial charge in [-0.05, 0) is 44.0 Å². The Labute approximate surface area is 190 Å². The summed E-state index contributed by atoms with van der Waals surface area (Å²) in [5.74, 6) is -0.714. The van der Waals surface area contributed by atoms with Crippen LogP contribution in [0.5, 0.6) is 5.75 Å². The number of piperidine rings is 1. The SMILES string of the molecule is CCOC1CCCN(c2cc(=O)n(C)c3ccc(C#N)nc23)C1.Oc1ccc(Cl)c(F)c1. The molecule has 1 aliphatic rings. The normalized spacial score (nSPS) is 15.7. The van der Waals surface area contributed by atoms with E-state index in [2.05, 4.69) is 16.0 Å². The van der Waals surface area contributed by atoms with E-state index in [4.69, 9.17) is 26.7 Å². The first kappa shape index (κ1) is 23.5. The summed E-state index contributed by atoms with van der Waals surface area (Å²) in [5.41, 5.74) is 2.52. The molecule has 1 aromatic carbocycles. The molecule has 4 rings (SSSR count). The van der Waals surface area contributed by atoms with E-state index in [1.807, 2.05) is 6.92 Å². The summed E-state index contributed by atoms with van der Waals surface area (Å²) in [7, 11) is 1.72. The number of anilines is 1. The van der Waals surface area contributed by atoms with Crippen molar-refractivity contribution in [3.63, 3.8) is 0 Å². The van der Waals surface area contributed by atoms with Crippen molar-refractivity contribution in [1.29, 1.82) is 5.26 Å². The first-order chi connectivity index (χ1) is 15.3. The minimum atomic E-state index is -0.600. The quantitative estimate of drug-likeness (QED) is 0.638. The summed E-state index contributed by atoms with van der Waals surface area (Å²) in [6, 6.07) is 10.7. The van der Waals surface area contributed by atoms with Gasteiger partial charge in [-0.25, -0.2) is 9.37 Å². The molecule has 0 aliphatic carbocycles. The molecule has 0 radical (unpaired) electrons. The number of hydrogen-bond donors (Lipinski definition) is 1. The lowest BCUT2D eigenvalue weighted by atomic mass is 10.1. The van der Waals surface area contributed by atoms with Crippen molar-refractivity contribution < 1.29 is 14.2 Å². The van der Waals surface area contributed by atoms with Crippen LogP contribution in [0.25, 0.3) is 11.0 Å². The number of benzene rings is 1. The third kappa shape index (κ3) is 5.36. The first-order valence-corrected chi connectivity index (χ1v) is 10.6. The number of phenolic OH excluding ortho intramolecular Hbond substituents is 1. The summed E-state index contributed by atoms with van der Waals surface area (Å²) >= 11 is 5.29. The van der Waals surface area contributed by atoms with Crippen LogP contribution in [0, 0.1) is 17.1 Å². The van der Waals surface area contributed by atoms with E-state index in [1.165, 1.54) is 12.1 Å². The predicted octanol–water partition coefficient (Wildman–Crippen LogP) is 4.00. The maximum Gasteiger partial charge on any atom is 0.252 e. The number of nitriles is 1. The summed E-state index contributed by atoms with van der Waals surface area (Å²) in [4.78, 5) is 18.9. The molecule has 1 aliphatic heterocycles. The Kier molecular flexibility index (Phi) is 7.67. The highest BCUT2D eigenvalue weighted by Gasteiger charge is 2.23. The maximum atomic E-state index is 12.3. The largest absolute Gasteiger partial charge is 0.508 e. The van der Waals surface area contributed by atoms with E-state index in [1.54, 1.807) is 29.8 Å². The van der Waals surface area contributed by atoms with Gasteiger partial charge in [-0.2, -0.15) is 5.26 Å². The van der Waals surface area contributed by atoms with Gasteiger partial charge in [-0.3, -0.25) is 4.79 Å². The zero-order valence-corrected chi connectivity index (χ0v) is 18.6. The molecule has 1 unspecified atom stereocenters. The van der Waals surface area contributed by atoms with Crippen LogP contribution in [0.4, 0.5) is 10.1 Å². The zero-order valence-electron chi connectivity index (χ0n) is 17.9. The van der Waals surface area contributed by atoms with Gasteiger partial charge in [0, 0.05) is 38.9 Å². The van der Waals surface area contributed by atoms with Gasteiger partial charge in [-0.15, -0.1) is 0 Å². The second-order valence-electron chi connectivity index (χ2n) is 7.37. The van der Waals surface area contributed by atoms with Crippen molar-refractivity contribution in [3.8, 4) is 11.8 Å². The fourth-order valence-electron chi connectivity index (χ4n) is 3.63. The van der Waals surface area contributed by atoms with Gasteiger partial charge >= 0.3 is 0 Å². The molecule has 0 amide bonds. The minimum absolute atomic E-state index is 0.0211. The molecule has 0 spiro atoms. The fraction of sp³-hybridized carbons (Fsp3) is 0.348. The molecule has 2 aromatic heterocycles. The van der Waals surface area contributed by atoms with E-state index < -0.39 is 5.82 Å². The number of pyridine rings is 2. The molecule has 1 fully saturated rings. The summed E-state index contributed by atoms with van der Waals surface area (Å²) in [6.07, 6.45) is 2.22. The second-order valence-corrected chi connectivity index (χ2v) is 7.77. The number of aromatic nitrogens is 2. The van der Waals surface area contributed by atoms with Gasteiger partial charge in [0.2, 0.25) is 0 Å². The number of nitrogens with zero attached hydrogens (tertiary/aromatic N) is 4. The number of aryl methyl sites for hydroxylation is 1. The third-order valence-electron chi connectivity index (χ3n) is 5.21. The van der Waals surface area contributed by atoms with E-state index in [0.29, 0.717) is 17.8 Å². The monoisotopic (exact) mass is 458 g/mol. The summed E-state index contributed by atoms with van der Waals surface area (Å²) in [6.45, 7) is 4.29. The van der Waals surface area contributed by atoms with Crippen LogP contribution in [0.3, 0.4) is 0 Å². The number of aromatic hydroxyl groups is 1. The molecule has 32 heavy (non-hydrogen) atoms. The molecule has 1 N–H and O–H groups in total. The molecular weight excluding hydrogens is 435 g/mol. The van der Waals surface area contributed by atoms with Crippen LogP contribution in [0.2, 0.25) is 5.02 Å². The summed E-state index contributed by atoms with van der Waals surface area (Å²) < 4.78 is 19.6. The predicted molar refractivity (Wildman–Crippen MR) is 122 cm³/mol. The van der Waals surface area contributed by atoms with E-state index in [9.17, 15) is 9.18 Å². The maximum absolute atomic E-state index is 12.3. The summed E-state index contributed by atoms with van der Waals surface area (Å²) in [5, 5.41) is 17.8. The van der Waals surface area contributed by atoms with Gasteiger partial charge < -0.3 is 19.3 Å². The Bertz CT molecular complexity index is 1210. The Morgan fingerprint density at radius 2 is 2.12 bits per heavy atom. The molecule has 3 heterocycles. The number of halogens is 2. The highest BCUT2D eigenvalue weighted by molar-refractivity contribution is 6.30. The van der Waals surface area contributed by atoms with Crippen LogP contribution < -0.4 is 10.5 Å². The molecule has 9 heteroatoms. The molecule has 0 bridgehead atoms. The Morgan fingerprint density at radius 1 is 1.34 bits per heavy atom. The number of ether oxygens (including phenoxy) is 1. The van der Waals surface area contributed by atoms with Gasteiger partial charge in [0.15, 0.2) is 0 Å². The van der Waals surface area contributed by atoms with Crippen molar-refractivity contribution in [2.75, 3.05) is 24.6 Å². The number of rotatable bonds is 3. The van der Waals surface area contributed by atoms with Crippen molar-refractivity contribution in [2.45, 2.75) is 25.9 Å². The van der Waals surface area contributed by atoms with Gasteiger partial charge in [0.1, 0.15) is 28.8 Å². The van der Waals surface area contributed by atoms with E-state index in [-0.39, 0.29) is 22.4 Å². The Balaban J connectivity index is 0.000000269. The second kappa shape index (κ2) is 10.4. The zero-order chi connectivity index (χ0) is 23.3. The van der Waals surface area contributed by atoms with E-state index in [0.717, 1.165) is 43.2 Å². The van der Waals surface area contributed by atoms with Crippen LogP contribution in [0.15, 0.2) is 41.2 Å². The average Bonchev–Trinajstić information content (AvgIpc) is 2.79. The molecule has 7 nitrogen and oxygen atoms in total. The molecule has 168 valence electrons. The van der Waals surface area contributed by atoms with Gasteiger partial charge in [0.05, 0.1) is 22.3 Å². The van der Waals surface area contributed by atoms with Gasteiger partial charge in [-0.1, -0.05) is 11.6 Å². The minimum Gasteiger partial charge on any atom is -0.508 e. The van der Waals surface area contributed by atoms with E-state index >= 15 is 0 Å². The molecular formula is C23H24ClFN4O3. The molecule has 1 atom stereocenters.